The minimum absolute atomic E-state index is 0.319. The Balaban J connectivity index is 0.000000366. The highest BCUT2D eigenvalue weighted by atomic mass is 32.2. The molecule has 2 N–H and O–H groups in total. The number of nitrogens with one attached hydrogen (secondary N) is 1. The van der Waals surface area contributed by atoms with Crippen molar-refractivity contribution in [1.29, 1.82) is 0 Å². The number of alkyl halides is 3. The molecule has 0 unspecified atom stereocenters. The van der Waals surface area contributed by atoms with Crippen LogP contribution < -0.4 is 5.32 Å². The lowest BCUT2D eigenvalue weighted by Crippen LogP contribution is -2.53. The van der Waals surface area contributed by atoms with E-state index in [0.29, 0.717) is 6.04 Å². The predicted molar refractivity (Wildman–Crippen MR) is 117 cm³/mol. The van der Waals surface area contributed by atoms with Crippen molar-refractivity contribution in [3.63, 3.8) is 0 Å². The van der Waals surface area contributed by atoms with Gasteiger partial charge in [-0.15, -0.1) is 0 Å². The Bertz CT molecular complexity index is 887. The van der Waals surface area contributed by atoms with Crippen LogP contribution in [-0.4, -0.2) is 39.4 Å². The summed E-state index contributed by atoms with van der Waals surface area (Å²) in [6.07, 6.45) is 2.36. The Morgan fingerprint density at radius 3 is 1.68 bits per heavy atom. The van der Waals surface area contributed by atoms with Gasteiger partial charge in [0.05, 0.1) is 0 Å². The first-order chi connectivity index (χ1) is 14.3. The predicted octanol–water partition coefficient (Wildman–Crippen LogP) is 4.93. The number of hydrogen-bond donors (Lipinski definition) is 2. The zero-order chi connectivity index (χ0) is 23.3. The topological polar surface area (TPSA) is 75.6 Å². The number of benzene rings is 2. The van der Waals surface area contributed by atoms with E-state index in [1.165, 1.54) is 17.5 Å². The van der Waals surface area contributed by atoms with Crippen LogP contribution >= 0.6 is 0 Å². The molecule has 1 aliphatic rings. The fraction of sp³-hybridized carbons (Fsp3) is 0.429. The highest BCUT2D eigenvalue weighted by Crippen LogP contribution is 2.42. The van der Waals surface area contributed by atoms with Gasteiger partial charge < -0.3 is 9.74 Å². The number of rotatable bonds is 5. The Morgan fingerprint density at radius 2 is 1.39 bits per heavy atom. The summed E-state index contributed by atoms with van der Waals surface area (Å²) in [4.78, 5) is 0. The van der Waals surface area contributed by atoms with E-state index in [9.17, 15) is 13.2 Å². The first-order valence-corrected chi connectivity index (χ1v) is 14.7. The molecular weight excluding hydrogens is 447 g/mol. The van der Waals surface area contributed by atoms with Gasteiger partial charge in [0.25, 0.3) is 0 Å². The molecule has 3 rings (SSSR count). The van der Waals surface area contributed by atoms with Crippen LogP contribution in [0.15, 0.2) is 60.7 Å². The molecule has 0 aliphatic carbocycles. The molecule has 0 spiro atoms. The fourth-order valence-corrected chi connectivity index (χ4v) is 4.99. The van der Waals surface area contributed by atoms with Crippen molar-refractivity contribution in [2.75, 3.05) is 6.54 Å². The van der Waals surface area contributed by atoms with Gasteiger partial charge in [0, 0.05) is 6.04 Å². The molecule has 0 amide bonds. The van der Waals surface area contributed by atoms with Gasteiger partial charge in [0.2, 0.25) is 0 Å². The Hall–Kier alpha value is -1.72. The zero-order valence-corrected chi connectivity index (χ0v) is 19.5. The van der Waals surface area contributed by atoms with E-state index in [2.05, 4.69) is 85.6 Å². The van der Waals surface area contributed by atoms with Gasteiger partial charge in [-0.3, -0.25) is 4.55 Å². The maximum Gasteiger partial charge on any atom is 0.522 e. The maximum absolute atomic E-state index is 10.7. The molecule has 0 saturated carbocycles. The lowest BCUT2D eigenvalue weighted by Gasteiger charge is -2.44. The van der Waals surface area contributed by atoms with E-state index in [0.717, 1.165) is 13.0 Å². The summed E-state index contributed by atoms with van der Waals surface area (Å²) in [6.45, 7) is 7.91. The van der Waals surface area contributed by atoms with Crippen LogP contribution in [0.3, 0.4) is 0 Å². The zero-order valence-electron chi connectivity index (χ0n) is 17.7. The van der Waals surface area contributed by atoms with Crippen molar-refractivity contribution < 1.29 is 30.6 Å². The average molecular weight is 476 g/mol. The second-order valence-corrected chi connectivity index (χ2v) is 14.1. The van der Waals surface area contributed by atoms with Crippen molar-refractivity contribution in [1.82, 2.24) is 5.32 Å². The largest absolute Gasteiger partial charge is 0.522 e. The first kappa shape index (κ1) is 25.5. The van der Waals surface area contributed by atoms with Gasteiger partial charge in [0.1, 0.15) is 5.60 Å². The van der Waals surface area contributed by atoms with Crippen LogP contribution in [0.2, 0.25) is 19.6 Å². The van der Waals surface area contributed by atoms with Crippen LogP contribution in [-0.2, 0) is 20.1 Å². The molecular formula is C21H28F3NO4SSi. The summed E-state index contributed by atoms with van der Waals surface area (Å²) in [5.41, 5.74) is -3.42. The third-order valence-corrected chi connectivity index (χ3v) is 6.24. The summed E-state index contributed by atoms with van der Waals surface area (Å²) in [5.74, 6) is 0. The molecule has 0 radical (unpaired) electrons. The first-order valence-electron chi connectivity index (χ1n) is 9.86. The van der Waals surface area contributed by atoms with Crippen molar-refractivity contribution in [2.24, 2.45) is 0 Å². The summed E-state index contributed by atoms with van der Waals surface area (Å²) in [6, 6.07) is 21.8. The quantitative estimate of drug-likeness (QED) is 0.364. The molecule has 172 valence electrons. The van der Waals surface area contributed by atoms with Gasteiger partial charge >= 0.3 is 15.6 Å². The summed E-state index contributed by atoms with van der Waals surface area (Å²) in [5, 5.41) is 3.71. The minimum Gasteiger partial charge on any atom is -0.403 e. The van der Waals surface area contributed by atoms with Crippen molar-refractivity contribution in [3.8, 4) is 0 Å². The minimum atomic E-state index is -5.84. The van der Waals surface area contributed by atoms with Gasteiger partial charge in [0.15, 0.2) is 8.32 Å². The van der Waals surface area contributed by atoms with Gasteiger partial charge in [-0.25, -0.2) is 0 Å². The van der Waals surface area contributed by atoms with E-state index >= 15 is 0 Å². The summed E-state index contributed by atoms with van der Waals surface area (Å²) >= 11 is 0. The van der Waals surface area contributed by atoms with Crippen LogP contribution in [0.5, 0.6) is 0 Å². The van der Waals surface area contributed by atoms with Crippen LogP contribution in [0, 0.1) is 0 Å². The lowest BCUT2D eigenvalue weighted by atomic mass is 9.79. The van der Waals surface area contributed by atoms with Gasteiger partial charge in [-0.1, -0.05) is 60.7 Å². The molecule has 1 atom stereocenters. The summed E-state index contributed by atoms with van der Waals surface area (Å²) in [7, 11) is -7.61. The van der Waals surface area contributed by atoms with E-state index in [-0.39, 0.29) is 0 Å². The molecule has 1 fully saturated rings. The van der Waals surface area contributed by atoms with Gasteiger partial charge in [-0.05, 0) is 50.2 Å². The molecule has 1 aliphatic heterocycles. The number of hydrogen-bond acceptors (Lipinski definition) is 4. The summed E-state index contributed by atoms with van der Waals surface area (Å²) < 4.78 is 64.5. The fourth-order valence-electron chi connectivity index (χ4n) is 3.64. The van der Waals surface area contributed by atoms with Crippen LogP contribution in [0.1, 0.15) is 24.0 Å². The van der Waals surface area contributed by atoms with Crippen LogP contribution in [0.4, 0.5) is 13.2 Å². The van der Waals surface area contributed by atoms with Crippen molar-refractivity contribution in [3.05, 3.63) is 71.8 Å². The smallest absolute Gasteiger partial charge is 0.403 e. The van der Waals surface area contributed by atoms with E-state index < -0.39 is 29.5 Å². The van der Waals surface area contributed by atoms with Crippen LogP contribution in [0.25, 0.3) is 0 Å². The van der Waals surface area contributed by atoms with E-state index in [4.69, 9.17) is 17.4 Å². The van der Waals surface area contributed by atoms with Gasteiger partial charge in [-0.2, -0.15) is 21.6 Å². The molecule has 2 aromatic carbocycles. The SMILES string of the molecule is C[Si](C)(C)OC(c1ccccc1)(c1ccccc1)[C@@H]1CCCN1.O=S(=O)(O)C(F)(F)F. The Labute approximate surface area is 182 Å². The highest BCUT2D eigenvalue weighted by Gasteiger charge is 2.47. The third-order valence-electron chi connectivity index (χ3n) is 4.72. The molecule has 31 heavy (non-hydrogen) atoms. The highest BCUT2D eigenvalue weighted by molar-refractivity contribution is 7.86. The second-order valence-electron chi connectivity index (χ2n) is 8.25. The number of halogens is 3. The third kappa shape index (κ3) is 6.63. The van der Waals surface area contributed by atoms with E-state index in [1.54, 1.807) is 0 Å². The van der Waals surface area contributed by atoms with E-state index in [1.807, 2.05) is 0 Å². The molecule has 1 saturated heterocycles. The molecule has 0 bridgehead atoms. The lowest BCUT2D eigenvalue weighted by molar-refractivity contribution is -0.0510. The Kier molecular flexibility index (Phi) is 8.09. The molecule has 10 heteroatoms. The molecule has 2 aromatic rings. The Morgan fingerprint density at radius 1 is 0.968 bits per heavy atom. The molecule has 1 heterocycles. The maximum atomic E-state index is 10.7. The monoisotopic (exact) mass is 475 g/mol. The molecule has 0 aromatic heterocycles. The van der Waals surface area contributed by atoms with Crippen molar-refractivity contribution >= 4 is 18.4 Å². The molecule has 5 nitrogen and oxygen atoms in total. The normalized spacial score (nSPS) is 17.7. The second kappa shape index (κ2) is 9.82. The van der Waals surface area contributed by atoms with Crippen molar-refractivity contribution in [2.45, 2.75) is 49.6 Å². The standard InChI is InChI=1S/C20H27NOSi.CHF3O3S/c1-23(2,3)22-20(19-15-10-16-21-19,17-11-6-4-7-12-17)18-13-8-5-9-14-18;2-1(3,4)8(5,6)7/h4-9,11-14,19,21H,10,15-16H2,1-3H3;(H,5,6,7)/t19-;/m0./s1. The average Bonchev–Trinajstić information content (AvgIpc) is 3.21.